The molecule has 37 heavy (non-hydrogen) atoms. The van der Waals surface area contributed by atoms with Crippen LogP contribution >= 0.6 is 0 Å². The Labute approximate surface area is 205 Å². The summed E-state index contributed by atoms with van der Waals surface area (Å²) in [7, 11) is -4.68. The third-order valence-electron chi connectivity index (χ3n) is 5.74. The SMILES string of the molecule is O=c1cc(CS(=O)(=O)O)c2cc(F)c(O[C@@H]3OC[C@@H](O[C@@H]4OC[C@@H](O)C(O)[C@@H]4O)C(O)[C@@H]3O)c(F)c2o1. The molecule has 8 atom stereocenters. The second-order valence-corrected chi connectivity index (χ2v) is 9.87. The van der Waals surface area contributed by atoms with E-state index < -0.39 is 118 Å². The summed E-state index contributed by atoms with van der Waals surface area (Å²) in [4.78, 5) is 11.8. The Morgan fingerprint density at radius 2 is 1.59 bits per heavy atom. The van der Waals surface area contributed by atoms with Gasteiger partial charge in [0, 0.05) is 11.5 Å². The van der Waals surface area contributed by atoms with Gasteiger partial charge in [-0.3, -0.25) is 4.55 Å². The first-order valence-electron chi connectivity index (χ1n) is 10.6. The summed E-state index contributed by atoms with van der Waals surface area (Å²) in [5, 5.41) is 49.5. The van der Waals surface area contributed by atoms with Crippen LogP contribution in [0, 0.1) is 11.6 Å². The molecule has 2 unspecified atom stereocenters. The maximum atomic E-state index is 15.1. The van der Waals surface area contributed by atoms with E-state index in [-0.39, 0.29) is 0 Å². The van der Waals surface area contributed by atoms with E-state index in [9.17, 15) is 43.1 Å². The highest BCUT2D eigenvalue weighted by atomic mass is 32.2. The maximum absolute atomic E-state index is 15.1. The molecule has 0 bridgehead atoms. The Morgan fingerprint density at radius 3 is 2.27 bits per heavy atom. The fraction of sp³-hybridized carbons (Fsp3) is 0.550. The smallest absolute Gasteiger partial charge is 0.336 e. The van der Waals surface area contributed by atoms with Crippen molar-refractivity contribution in [2.45, 2.75) is 55.0 Å². The van der Waals surface area contributed by atoms with E-state index >= 15 is 4.39 Å². The number of hydrogen-bond acceptors (Lipinski definition) is 13. The van der Waals surface area contributed by atoms with E-state index in [0.717, 1.165) is 0 Å². The Morgan fingerprint density at radius 1 is 0.946 bits per heavy atom. The van der Waals surface area contributed by atoms with E-state index in [2.05, 4.69) is 0 Å². The topological polar surface area (TPSA) is 223 Å². The first-order valence-corrected chi connectivity index (χ1v) is 12.2. The maximum Gasteiger partial charge on any atom is 0.336 e. The van der Waals surface area contributed by atoms with Gasteiger partial charge in [-0.2, -0.15) is 12.8 Å². The van der Waals surface area contributed by atoms with Gasteiger partial charge in [-0.1, -0.05) is 0 Å². The summed E-state index contributed by atoms with van der Waals surface area (Å²) >= 11 is 0. The lowest BCUT2D eigenvalue weighted by Gasteiger charge is -2.41. The molecule has 2 aliphatic heterocycles. The van der Waals surface area contributed by atoms with Gasteiger partial charge >= 0.3 is 5.63 Å². The molecule has 14 nitrogen and oxygen atoms in total. The van der Waals surface area contributed by atoms with Crippen molar-refractivity contribution in [3.8, 4) is 5.75 Å². The summed E-state index contributed by atoms with van der Waals surface area (Å²) in [6.45, 7) is -0.956. The standard InChI is InChI=1S/C20H22F2O14S/c21-8-2-7-6(5-37(29,30)31)1-11(24)35-17(7)12(22)18(8)36-20-16(28)14(26)10(4-33-20)34-19-15(27)13(25)9(23)3-32-19/h1-2,9-10,13-16,19-20,23,25-28H,3-5H2,(H,29,30,31)/t9-,10-,13?,14?,15+,16+,19+,20+/m1/s1. The first kappa shape index (κ1) is 27.7. The molecule has 3 heterocycles. The molecule has 2 aliphatic rings. The van der Waals surface area contributed by atoms with Crippen molar-refractivity contribution in [2.24, 2.45) is 0 Å². The van der Waals surface area contributed by atoms with Crippen molar-refractivity contribution >= 4 is 21.1 Å². The lowest BCUT2D eigenvalue weighted by Crippen LogP contribution is -2.60. The highest BCUT2D eigenvalue weighted by Gasteiger charge is 2.45. The fourth-order valence-corrected chi connectivity index (χ4v) is 4.51. The van der Waals surface area contributed by atoms with Gasteiger partial charge in [0.15, 0.2) is 23.4 Å². The number of hydrogen-bond donors (Lipinski definition) is 6. The monoisotopic (exact) mass is 556 g/mol. The van der Waals surface area contributed by atoms with Crippen molar-refractivity contribution in [2.75, 3.05) is 13.2 Å². The van der Waals surface area contributed by atoms with Crippen LogP contribution in [-0.2, 0) is 30.1 Å². The summed E-state index contributed by atoms with van der Waals surface area (Å²) in [6, 6.07) is 1.21. The zero-order chi connectivity index (χ0) is 27.2. The van der Waals surface area contributed by atoms with Gasteiger partial charge < -0.3 is 48.9 Å². The van der Waals surface area contributed by atoms with Gasteiger partial charge in [-0.25, -0.2) is 9.18 Å². The Kier molecular flexibility index (Phi) is 7.82. The predicted molar refractivity (Wildman–Crippen MR) is 113 cm³/mol. The number of ether oxygens (including phenoxy) is 4. The molecule has 0 spiro atoms. The van der Waals surface area contributed by atoms with Crippen LogP contribution in [0.1, 0.15) is 5.56 Å². The van der Waals surface area contributed by atoms with Gasteiger partial charge in [0.05, 0.1) is 13.2 Å². The predicted octanol–water partition coefficient (Wildman–Crippen LogP) is -2.26. The summed E-state index contributed by atoms with van der Waals surface area (Å²) < 4.78 is 86.6. The molecule has 0 saturated carbocycles. The van der Waals surface area contributed by atoms with Crippen LogP contribution in [0.3, 0.4) is 0 Å². The number of halogens is 2. The Balaban J connectivity index is 1.53. The Hall–Kier alpha value is -2.32. The first-order chi connectivity index (χ1) is 17.3. The van der Waals surface area contributed by atoms with Crippen LogP contribution in [0.25, 0.3) is 11.0 Å². The van der Waals surface area contributed by atoms with E-state index in [1.807, 2.05) is 0 Å². The third kappa shape index (κ3) is 5.75. The molecule has 2 saturated heterocycles. The van der Waals surface area contributed by atoms with Crippen molar-refractivity contribution in [3.05, 3.63) is 39.8 Å². The average molecular weight is 556 g/mol. The molecule has 2 fully saturated rings. The van der Waals surface area contributed by atoms with Gasteiger partial charge in [-0.15, -0.1) is 0 Å². The highest BCUT2D eigenvalue weighted by Crippen LogP contribution is 2.34. The van der Waals surface area contributed by atoms with Crippen LogP contribution in [0.4, 0.5) is 8.78 Å². The van der Waals surface area contributed by atoms with E-state index in [1.165, 1.54) is 0 Å². The summed E-state index contributed by atoms with van der Waals surface area (Å²) in [6.07, 6.45) is -13.3. The summed E-state index contributed by atoms with van der Waals surface area (Å²) in [5.74, 6) is -5.36. The normalized spacial score (nSPS) is 33.0. The summed E-state index contributed by atoms with van der Waals surface area (Å²) in [5.41, 5.74) is -2.57. The quantitative estimate of drug-likeness (QED) is 0.163. The zero-order valence-corrected chi connectivity index (χ0v) is 19.3. The molecule has 1 aromatic carbocycles. The number of benzene rings is 1. The number of fused-ring (bicyclic) bond motifs is 1. The van der Waals surface area contributed by atoms with Crippen LogP contribution in [0.15, 0.2) is 21.3 Å². The number of aliphatic hydroxyl groups excluding tert-OH is 5. The molecule has 6 N–H and O–H groups in total. The minimum atomic E-state index is -4.68. The van der Waals surface area contributed by atoms with Crippen LogP contribution < -0.4 is 10.4 Å². The molecule has 4 rings (SSSR count). The molecule has 206 valence electrons. The van der Waals surface area contributed by atoms with Gasteiger partial charge in [0.25, 0.3) is 10.1 Å². The Bertz CT molecular complexity index is 1320. The molecular formula is C20H22F2O14S. The molecule has 2 aromatic rings. The van der Waals surface area contributed by atoms with Crippen LogP contribution in [0.5, 0.6) is 5.75 Å². The average Bonchev–Trinajstić information content (AvgIpc) is 2.81. The van der Waals surface area contributed by atoms with E-state index in [4.69, 9.17) is 27.9 Å². The van der Waals surface area contributed by atoms with Crippen LogP contribution in [-0.4, -0.2) is 101 Å². The fourth-order valence-electron chi connectivity index (χ4n) is 3.88. The second kappa shape index (κ2) is 10.4. The van der Waals surface area contributed by atoms with Gasteiger partial charge in [-0.05, 0) is 11.6 Å². The van der Waals surface area contributed by atoms with E-state index in [0.29, 0.717) is 12.1 Å². The van der Waals surface area contributed by atoms with Crippen molar-refractivity contribution < 1.29 is 70.6 Å². The molecule has 17 heteroatoms. The van der Waals surface area contributed by atoms with Crippen molar-refractivity contribution in [3.63, 3.8) is 0 Å². The van der Waals surface area contributed by atoms with Crippen molar-refractivity contribution in [1.82, 2.24) is 0 Å². The molecular weight excluding hydrogens is 534 g/mol. The number of rotatable bonds is 6. The minimum Gasteiger partial charge on any atom is -0.456 e. The van der Waals surface area contributed by atoms with Crippen LogP contribution in [0.2, 0.25) is 0 Å². The lowest BCUT2D eigenvalue weighted by atomic mass is 10.0. The molecule has 0 aliphatic carbocycles. The lowest BCUT2D eigenvalue weighted by molar-refractivity contribution is -0.320. The highest BCUT2D eigenvalue weighted by molar-refractivity contribution is 7.85. The second-order valence-electron chi connectivity index (χ2n) is 8.42. The third-order valence-corrected chi connectivity index (χ3v) is 6.42. The van der Waals surface area contributed by atoms with Gasteiger partial charge in [0.1, 0.15) is 42.4 Å². The molecule has 1 aromatic heterocycles. The van der Waals surface area contributed by atoms with E-state index in [1.54, 1.807) is 0 Å². The molecule has 0 amide bonds. The minimum absolute atomic E-state index is 0.399. The zero-order valence-electron chi connectivity index (χ0n) is 18.5. The molecule has 0 radical (unpaired) electrons. The number of aliphatic hydroxyl groups is 5. The van der Waals surface area contributed by atoms with Gasteiger partial charge in [0.2, 0.25) is 12.1 Å². The largest absolute Gasteiger partial charge is 0.456 e. The van der Waals surface area contributed by atoms with Crippen molar-refractivity contribution in [1.29, 1.82) is 0 Å².